The fourth-order valence-corrected chi connectivity index (χ4v) is 2.73. The summed E-state index contributed by atoms with van der Waals surface area (Å²) >= 11 is 0. The first-order chi connectivity index (χ1) is 9.24. The van der Waals surface area contributed by atoms with Gasteiger partial charge in [-0.1, -0.05) is 0 Å². The van der Waals surface area contributed by atoms with Gasteiger partial charge in [0.15, 0.2) is 0 Å². The van der Waals surface area contributed by atoms with Crippen molar-refractivity contribution in [3.8, 4) is 11.4 Å². The monoisotopic (exact) mass is 257 g/mol. The molecule has 1 unspecified atom stereocenters. The van der Waals surface area contributed by atoms with E-state index < -0.39 is 0 Å². The topological polar surface area (TPSA) is 46.8 Å². The minimum atomic E-state index is 0.499. The van der Waals surface area contributed by atoms with E-state index in [0.29, 0.717) is 5.92 Å². The zero-order chi connectivity index (χ0) is 13.2. The van der Waals surface area contributed by atoms with Crippen LogP contribution in [0.3, 0.4) is 0 Å². The van der Waals surface area contributed by atoms with Crippen LogP contribution in [0.1, 0.15) is 24.5 Å². The molecular formula is C14H19N5. The third kappa shape index (κ3) is 2.51. The normalized spacial score (nSPS) is 20.6. The molecule has 1 aliphatic heterocycles. The molecule has 1 atom stereocenters. The Morgan fingerprint density at radius 1 is 1.26 bits per heavy atom. The Bertz CT molecular complexity index is 562. The number of hydrogen-bond acceptors (Lipinski definition) is 4. The van der Waals surface area contributed by atoms with Crippen molar-refractivity contribution in [3.05, 3.63) is 30.4 Å². The molecule has 19 heavy (non-hydrogen) atoms. The Hall–Kier alpha value is -1.75. The van der Waals surface area contributed by atoms with Gasteiger partial charge in [0.1, 0.15) is 5.69 Å². The molecule has 2 aromatic rings. The highest BCUT2D eigenvalue weighted by atomic mass is 15.3. The van der Waals surface area contributed by atoms with Gasteiger partial charge in [-0.25, -0.2) is 4.98 Å². The van der Waals surface area contributed by atoms with Gasteiger partial charge in [-0.2, -0.15) is 5.10 Å². The van der Waals surface area contributed by atoms with Crippen molar-refractivity contribution in [2.45, 2.75) is 18.8 Å². The third-order valence-corrected chi connectivity index (χ3v) is 3.78. The van der Waals surface area contributed by atoms with Gasteiger partial charge in [0.2, 0.25) is 0 Å². The highest BCUT2D eigenvalue weighted by Gasteiger charge is 2.21. The van der Waals surface area contributed by atoms with Gasteiger partial charge in [0.25, 0.3) is 0 Å². The van der Waals surface area contributed by atoms with Crippen LogP contribution < -0.4 is 0 Å². The molecule has 0 amide bonds. The smallest absolute Gasteiger partial charge is 0.107 e. The molecule has 3 heterocycles. The van der Waals surface area contributed by atoms with Gasteiger partial charge in [0, 0.05) is 31.9 Å². The van der Waals surface area contributed by atoms with E-state index in [-0.39, 0.29) is 0 Å². The fourth-order valence-electron chi connectivity index (χ4n) is 2.73. The predicted octanol–water partition coefficient (Wildman–Crippen LogP) is 1.69. The lowest BCUT2D eigenvalue weighted by atomic mass is 9.95. The van der Waals surface area contributed by atoms with Crippen molar-refractivity contribution in [2.24, 2.45) is 7.05 Å². The van der Waals surface area contributed by atoms with Crippen LogP contribution in [0, 0.1) is 0 Å². The second-order valence-corrected chi connectivity index (χ2v) is 5.27. The summed E-state index contributed by atoms with van der Waals surface area (Å²) in [6.07, 6.45) is 7.95. The van der Waals surface area contributed by atoms with Crippen LogP contribution in [0.15, 0.2) is 24.7 Å². The van der Waals surface area contributed by atoms with Gasteiger partial charge in [-0.3, -0.25) is 9.67 Å². The Morgan fingerprint density at radius 2 is 2.16 bits per heavy atom. The lowest BCUT2D eigenvalue weighted by Crippen LogP contribution is -2.31. The molecule has 0 spiro atoms. The van der Waals surface area contributed by atoms with Crippen LogP contribution >= 0.6 is 0 Å². The maximum atomic E-state index is 4.78. The van der Waals surface area contributed by atoms with Gasteiger partial charge < -0.3 is 4.90 Å². The Kier molecular flexibility index (Phi) is 3.29. The molecule has 5 nitrogen and oxygen atoms in total. The number of hydrogen-bond donors (Lipinski definition) is 0. The first kappa shape index (κ1) is 12.3. The molecule has 100 valence electrons. The van der Waals surface area contributed by atoms with Crippen molar-refractivity contribution in [1.29, 1.82) is 0 Å². The van der Waals surface area contributed by atoms with E-state index in [9.17, 15) is 0 Å². The largest absolute Gasteiger partial charge is 0.306 e. The third-order valence-electron chi connectivity index (χ3n) is 3.78. The summed E-state index contributed by atoms with van der Waals surface area (Å²) in [6.45, 7) is 2.26. The molecule has 0 N–H and O–H groups in total. The van der Waals surface area contributed by atoms with Crippen LogP contribution in [-0.4, -0.2) is 44.8 Å². The number of piperidine rings is 1. The highest BCUT2D eigenvalue weighted by molar-refractivity contribution is 5.52. The molecule has 2 aromatic heterocycles. The average molecular weight is 257 g/mol. The molecule has 0 bridgehead atoms. The summed E-state index contributed by atoms with van der Waals surface area (Å²) in [5.41, 5.74) is 3.02. The molecule has 3 rings (SSSR count). The molecule has 0 aromatic carbocycles. The van der Waals surface area contributed by atoms with E-state index in [4.69, 9.17) is 4.98 Å². The van der Waals surface area contributed by atoms with Crippen molar-refractivity contribution < 1.29 is 0 Å². The van der Waals surface area contributed by atoms with E-state index in [1.165, 1.54) is 19.4 Å². The Morgan fingerprint density at radius 3 is 2.89 bits per heavy atom. The van der Waals surface area contributed by atoms with Gasteiger partial charge >= 0.3 is 0 Å². The number of rotatable bonds is 2. The van der Waals surface area contributed by atoms with E-state index in [1.54, 1.807) is 6.20 Å². The second kappa shape index (κ2) is 5.09. The minimum absolute atomic E-state index is 0.499. The van der Waals surface area contributed by atoms with Crippen LogP contribution in [0.2, 0.25) is 0 Å². The van der Waals surface area contributed by atoms with Crippen molar-refractivity contribution in [3.63, 3.8) is 0 Å². The van der Waals surface area contributed by atoms with Crippen LogP contribution in [0.5, 0.6) is 0 Å². The SMILES string of the molecule is CN1CCCC(c2cncc(-c3ccnn3C)n2)C1. The zero-order valence-corrected chi connectivity index (χ0v) is 11.5. The molecule has 0 radical (unpaired) electrons. The number of nitrogens with zero attached hydrogens (tertiary/aromatic N) is 5. The lowest BCUT2D eigenvalue weighted by molar-refractivity contribution is 0.248. The summed E-state index contributed by atoms with van der Waals surface area (Å²) in [4.78, 5) is 11.5. The van der Waals surface area contributed by atoms with E-state index in [2.05, 4.69) is 22.0 Å². The summed E-state index contributed by atoms with van der Waals surface area (Å²) in [6, 6.07) is 1.97. The summed E-state index contributed by atoms with van der Waals surface area (Å²) in [7, 11) is 4.10. The highest BCUT2D eigenvalue weighted by Crippen LogP contribution is 2.25. The standard InChI is InChI=1S/C14H19N5/c1-18-7-3-4-11(10-18)12-8-15-9-13(17-12)14-5-6-16-19(14)2/h5-6,8-9,11H,3-4,7,10H2,1-2H3. The number of likely N-dealkylation sites (tertiary alicyclic amines) is 1. The number of aryl methyl sites for hydroxylation is 1. The van der Waals surface area contributed by atoms with Crippen molar-refractivity contribution in [1.82, 2.24) is 24.6 Å². The van der Waals surface area contributed by atoms with Crippen LogP contribution in [-0.2, 0) is 7.05 Å². The maximum absolute atomic E-state index is 4.78. The van der Waals surface area contributed by atoms with Crippen LogP contribution in [0.4, 0.5) is 0 Å². The molecule has 5 heteroatoms. The quantitative estimate of drug-likeness (QED) is 0.821. The Balaban J connectivity index is 1.90. The van der Waals surface area contributed by atoms with Crippen molar-refractivity contribution in [2.75, 3.05) is 20.1 Å². The van der Waals surface area contributed by atoms with Gasteiger partial charge in [-0.05, 0) is 32.5 Å². The first-order valence-corrected chi connectivity index (χ1v) is 6.73. The molecule has 0 saturated carbocycles. The zero-order valence-electron chi connectivity index (χ0n) is 11.5. The summed E-state index contributed by atoms with van der Waals surface area (Å²) in [5.74, 6) is 0.499. The minimum Gasteiger partial charge on any atom is -0.306 e. The average Bonchev–Trinajstić information content (AvgIpc) is 2.85. The second-order valence-electron chi connectivity index (χ2n) is 5.27. The maximum Gasteiger partial charge on any atom is 0.107 e. The van der Waals surface area contributed by atoms with E-state index in [0.717, 1.165) is 23.6 Å². The Labute approximate surface area is 113 Å². The molecule has 0 aliphatic carbocycles. The van der Waals surface area contributed by atoms with Crippen LogP contribution in [0.25, 0.3) is 11.4 Å². The fraction of sp³-hybridized carbons (Fsp3) is 0.500. The van der Waals surface area contributed by atoms with E-state index in [1.807, 2.05) is 30.2 Å². The number of aromatic nitrogens is 4. The lowest BCUT2D eigenvalue weighted by Gasteiger charge is -2.29. The molecule has 1 saturated heterocycles. The summed E-state index contributed by atoms with van der Waals surface area (Å²) < 4.78 is 1.83. The predicted molar refractivity (Wildman–Crippen MR) is 73.7 cm³/mol. The number of likely N-dealkylation sites (N-methyl/N-ethyl adjacent to an activating group) is 1. The first-order valence-electron chi connectivity index (χ1n) is 6.73. The molecular weight excluding hydrogens is 238 g/mol. The molecule has 1 fully saturated rings. The van der Waals surface area contributed by atoms with Crippen molar-refractivity contribution >= 4 is 0 Å². The molecule has 1 aliphatic rings. The van der Waals surface area contributed by atoms with Gasteiger partial charge in [-0.15, -0.1) is 0 Å². The van der Waals surface area contributed by atoms with E-state index >= 15 is 0 Å². The van der Waals surface area contributed by atoms with Gasteiger partial charge in [0.05, 0.1) is 17.6 Å². The summed E-state index contributed by atoms with van der Waals surface area (Å²) in [5, 5.41) is 4.19.